The van der Waals surface area contributed by atoms with Crippen LogP contribution in [0.4, 0.5) is 4.39 Å². The molecule has 1 aromatic carbocycles. The number of hydrogen-bond acceptors (Lipinski definition) is 4. The van der Waals surface area contributed by atoms with Gasteiger partial charge in [-0.25, -0.2) is 12.8 Å². The zero-order chi connectivity index (χ0) is 14.8. The second-order valence-electron chi connectivity index (χ2n) is 3.54. The SMILES string of the molecule is COC(=O)C(C)NS(=O)(=O)c1ccc(Cl)c(F)c1Cl. The summed E-state index contributed by atoms with van der Waals surface area (Å²) in [6.07, 6.45) is 0. The number of nitrogens with one attached hydrogen (secondary N) is 1. The summed E-state index contributed by atoms with van der Waals surface area (Å²) in [6.45, 7) is 1.28. The molecule has 1 aromatic rings. The van der Waals surface area contributed by atoms with Gasteiger partial charge in [-0.2, -0.15) is 4.72 Å². The maximum absolute atomic E-state index is 13.4. The van der Waals surface area contributed by atoms with Gasteiger partial charge in [0, 0.05) is 0 Å². The topological polar surface area (TPSA) is 72.5 Å². The van der Waals surface area contributed by atoms with Crippen LogP contribution in [0.2, 0.25) is 10.0 Å². The van der Waals surface area contributed by atoms with Crippen molar-refractivity contribution < 1.29 is 22.3 Å². The fourth-order valence-electron chi connectivity index (χ4n) is 1.24. The first-order valence-electron chi connectivity index (χ1n) is 4.94. The van der Waals surface area contributed by atoms with Crippen molar-refractivity contribution in [3.63, 3.8) is 0 Å². The van der Waals surface area contributed by atoms with Crippen molar-refractivity contribution >= 4 is 39.2 Å². The van der Waals surface area contributed by atoms with E-state index >= 15 is 0 Å². The zero-order valence-corrected chi connectivity index (χ0v) is 12.2. The monoisotopic (exact) mass is 329 g/mol. The number of carbonyl (C=O) groups excluding carboxylic acids is 1. The Bertz CT molecular complexity index is 606. The smallest absolute Gasteiger partial charge is 0.323 e. The third kappa shape index (κ3) is 3.56. The van der Waals surface area contributed by atoms with Crippen LogP contribution in [0.1, 0.15) is 6.92 Å². The Kier molecular flexibility index (Phi) is 5.14. The molecule has 0 aliphatic carbocycles. The van der Waals surface area contributed by atoms with Gasteiger partial charge in [0.2, 0.25) is 10.0 Å². The highest BCUT2D eigenvalue weighted by Crippen LogP contribution is 2.29. The van der Waals surface area contributed by atoms with Crippen LogP contribution < -0.4 is 4.72 Å². The van der Waals surface area contributed by atoms with Crippen LogP contribution in [0.3, 0.4) is 0 Å². The minimum absolute atomic E-state index is 0.301. The Balaban J connectivity index is 3.15. The van der Waals surface area contributed by atoms with Gasteiger partial charge in [-0.05, 0) is 19.1 Å². The fraction of sp³-hybridized carbons (Fsp3) is 0.300. The third-order valence-electron chi connectivity index (χ3n) is 2.18. The average molecular weight is 330 g/mol. The molecule has 0 spiro atoms. The largest absolute Gasteiger partial charge is 0.468 e. The molecule has 0 saturated heterocycles. The molecule has 9 heteroatoms. The molecular weight excluding hydrogens is 320 g/mol. The number of halogens is 3. The molecule has 1 rings (SSSR count). The summed E-state index contributed by atoms with van der Waals surface area (Å²) in [5, 5.41) is -0.943. The molecule has 0 saturated carbocycles. The maximum atomic E-state index is 13.4. The van der Waals surface area contributed by atoms with Crippen LogP contribution in [0, 0.1) is 5.82 Å². The van der Waals surface area contributed by atoms with Gasteiger partial charge < -0.3 is 4.74 Å². The molecule has 0 aliphatic rings. The van der Waals surface area contributed by atoms with Crippen molar-refractivity contribution in [2.24, 2.45) is 0 Å². The van der Waals surface area contributed by atoms with Gasteiger partial charge in [-0.1, -0.05) is 23.2 Å². The van der Waals surface area contributed by atoms with E-state index in [0.29, 0.717) is 0 Å². The normalized spacial score (nSPS) is 13.1. The van der Waals surface area contributed by atoms with Crippen LogP contribution in [0.15, 0.2) is 17.0 Å². The molecule has 0 aliphatic heterocycles. The lowest BCUT2D eigenvalue weighted by Gasteiger charge is -2.13. The van der Waals surface area contributed by atoms with Crippen molar-refractivity contribution in [2.45, 2.75) is 17.9 Å². The summed E-state index contributed by atoms with van der Waals surface area (Å²) in [6, 6.07) is 0.963. The van der Waals surface area contributed by atoms with Crippen molar-refractivity contribution in [3.05, 3.63) is 28.0 Å². The van der Waals surface area contributed by atoms with Gasteiger partial charge in [0.25, 0.3) is 0 Å². The molecule has 5 nitrogen and oxygen atoms in total. The lowest BCUT2D eigenvalue weighted by Crippen LogP contribution is -2.39. The Labute approximate surface area is 119 Å². The summed E-state index contributed by atoms with van der Waals surface area (Å²) >= 11 is 11.1. The van der Waals surface area contributed by atoms with Gasteiger partial charge in [0.1, 0.15) is 10.9 Å². The number of carbonyl (C=O) groups is 1. The quantitative estimate of drug-likeness (QED) is 0.677. The van der Waals surface area contributed by atoms with E-state index in [1.54, 1.807) is 0 Å². The number of methoxy groups -OCH3 is 1. The van der Waals surface area contributed by atoms with E-state index in [-0.39, 0.29) is 5.02 Å². The fourth-order valence-corrected chi connectivity index (χ4v) is 3.17. The third-order valence-corrected chi connectivity index (χ3v) is 4.53. The predicted octanol–water partition coefficient (Wildman–Crippen LogP) is 1.97. The van der Waals surface area contributed by atoms with Crippen LogP contribution in [-0.2, 0) is 19.6 Å². The second kappa shape index (κ2) is 6.04. The lowest BCUT2D eigenvalue weighted by atomic mass is 10.3. The Morgan fingerprint density at radius 2 is 2.00 bits per heavy atom. The van der Waals surface area contributed by atoms with E-state index in [1.807, 2.05) is 4.72 Å². The molecule has 0 bridgehead atoms. The highest BCUT2D eigenvalue weighted by Gasteiger charge is 2.26. The molecular formula is C10H10Cl2FNO4S. The van der Waals surface area contributed by atoms with Gasteiger partial charge in [-0.15, -0.1) is 0 Å². The van der Waals surface area contributed by atoms with Gasteiger partial charge in [-0.3, -0.25) is 4.79 Å². The zero-order valence-electron chi connectivity index (χ0n) is 9.91. The Morgan fingerprint density at radius 3 is 2.53 bits per heavy atom. The maximum Gasteiger partial charge on any atom is 0.323 e. The highest BCUT2D eigenvalue weighted by atomic mass is 35.5. The van der Waals surface area contributed by atoms with E-state index in [1.165, 1.54) is 6.92 Å². The average Bonchev–Trinajstić information content (AvgIpc) is 2.33. The minimum atomic E-state index is -4.17. The van der Waals surface area contributed by atoms with E-state index in [0.717, 1.165) is 19.2 Å². The van der Waals surface area contributed by atoms with Crippen LogP contribution in [-0.4, -0.2) is 27.5 Å². The summed E-state index contributed by atoms with van der Waals surface area (Å²) in [5.41, 5.74) is 0. The first-order chi connectivity index (χ1) is 8.70. The Morgan fingerprint density at radius 1 is 1.42 bits per heavy atom. The van der Waals surface area contributed by atoms with Gasteiger partial charge in [0.05, 0.1) is 17.2 Å². The lowest BCUT2D eigenvalue weighted by molar-refractivity contribution is -0.142. The number of sulfonamides is 1. The minimum Gasteiger partial charge on any atom is -0.468 e. The summed E-state index contributed by atoms with van der Waals surface area (Å²) in [5.74, 6) is -1.83. The van der Waals surface area contributed by atoms with Crippen molar-refractivity contribution in [3.8, 4) is 0 Å². The van der Waals surface area contributed by atoms with E-state index in [4.69, 9.17) is 23.2 Å². The molecule has 0 heterocycles. The molecule has 106 valence electrons. The molecule has 0 aromatic heterocycles. The molecule has 1 atom stereocenters. The van der Waals surface area contributed by atoms with E-state index in [2.05, 4.69) is 4.74 Å². The summed E-state index contributed by atoms with van der Waals surface area (Å²) < 4.78 is 43.7. The van der Waals surface area contributed by atoms with E-state index in [9.17, 15) is 17.6 Å². The van der Waals surface area contributed by atoms with Crippen molar-refractivity contribution in [1.29, 1.82) is 0 Å². The molecule has 1 N–H and O–H groups in total. The standard InChI is InChI=1S/C10H10Cl2FNO4S/c1-5(10(15)18-2)14-19(16,17)7-4-3-6(11)9(13)8(7)12/h3-5,14H,1-2H3. The van der Waals surface area contributed by atoms with Crippen molar-refractivity contribution in [1.82, 2.24) is 4.72 Å². The van der Waals surface area contributed by atoms with Crippen LogP contribution in [0.25, 0.3) is 0 Å². The van der Waals surface area contributed by atoms with Crippen LogP contribution in [0.5, 0.6) is 0 Å². The van der Waals surface area contributed by atoms with Gasteiger partial charge in [0.15, 0.2) is 5.82 Å². The number of esters is 1. The molecule has 0 radical (unpaired) electrons. The number of hydrogen-bond donors (Lipinski definition) is 1. The molecule has 0 amide bonds. The summed E-state index contributed by atoms with van der Waals surface area (Å²) in [7, 11) is -3.05. The second-order valence-corrected chi connectivity index (χ2v) is 6.01. The summed E-state index contributed by atoms with van der Waals surface area (Å²) in [4.78, 5) is 10.6. The number of ether oxygens (including phenoxy) is 1. The first kappa shape index (κ1) is 16.2. The number of rotatable bonds is 4. The van der Waals surface area contributed by atoms with Crippen LogP contribution >= 0.6 is 23.2 Å². The van der Waals surface area contributed by atoms with E-state index < -0.39 is 37.8 Å². The molecule has 1 unspecified atom stereocenters. The van der Waals surface area contributed by atoms with Crippen molar-refractivity contribution in [2.75, 3.05) is 7.11 Å². The first-order valence-corrected chi connectivity index (χ1v) is 7.18. The molecule has 0 fully saturated rings. The molecule has 19 heavy (non-hydrogen) atoms. The highest BCUT2D eigenvalue weighted by molar-refractivity contribution is 7.89. The predicted molar refractivity (Wildman–Crippen MR) is 68.2 cm³/mol. The number of benzene rings is 1. The van der Waals surface area contributed by atoms with Gasteiger partial charge >= 0.3 is 5.97 Å². The Hall–Kier alpha value is -0.890.